The van der Waals surface area contributed by atoms with Crippen LogP contribution in [0.15, 0.2) is 34.1 Å². The van der Waals surface area contributed by atoms with Crippen LogP contribution >= 0.6 is 0 Å². The number of carbonyl (C=O) groups is 2. The molecule has 4 aromatic rings. The van der Waals surface area contributed by atoms with E-state index in [2.05, 4.69) is 0 Å². The zero-order valence-corrected chi connectivity index (χ0v) is 23.3. The van der Waals surface area contributed by atoms with Gasteiger partial charge in [-0.15, -0.1) is 0 Å². The average Bonchev–Trinajstić information content (AvgIpc) is 2.99. The lowest BCUT2D eigenvalue weighted by molar-refractivity contribution is 0.0683. The predicted octanol–water partition coefficient (Wildman–Crippen LogP) is 1.15. The fourth-order valence-electron chi connectivity index (χ4n) is 6.05. The highest BCUT2D eigenvalue weighted by Crippen LogP contribution is 2.42. The smallest absolute Gasteiger partial charge is 0.341 e. The Hall–Kier alpha value is -5.54. The van der Waals surface area contributed by atoms with Crippen molar-refractivity contribution in [1.29, 1.82) is 0 Å². The van der Waals surface area contributed by atoms with E-state index >= 15 is 8.78 Å². The van der Waals surface area contributed by atoms with Gasteiger partial charge in [0, 0.05) is 52.7 Å². The third-order valence-corrected chi connectivity index (χ3v) is 8.22. The Morgan fingerprint density at radius 1 is 0.750 bits per heavy atom. The Kier molecular flexibility index (Phi) is 5.89. The van der Waals surface area contributed by atoms with E-state index in [4.69, 9.17) is 9.47 Å². The summed E-state index contributed by atoms with van der Waals surface area (Å²) in [5.74, 6) is -4.44. The summed E-state index contributed by atoms with van der Waals surface area (Å²) in [6.07, 6.45) is 2.32. The van der Waals surface area contributed by atoms with Crippen LogP contribution in [0.2, 0.25) is 0 Å². The van der Waals surface area contributed by atoms with Crippen molar-refractivity contribution in [2.24, 2.45) is 0 Å². The van der Waals surface area contributed by atoms with Gasteiger partial charge in [-0.1, -0.05) is 0 Å². The number of halogens is 2. The summed E-state index contributed by atoms with van der Waals surface area (Å²) in [6, 6.07) is 2.32. The molecule has 2 aromatic carbocycles. The van der Waals surface area contributed by atoms with E-state index in [-0.39, 0.29) is 84.3 Å². The molecule has 0 unspecified atom stereocenters. The third kappa shape index (κ3) is 3.76. The summed E-state index contributed by atoms with van der Waals surface area (Å²) in [7, 11) is 3.23. The number of piperazine rings is 1. The van der Waals surface area contributed by atoms with Gasteiger partial charge < -0.3 is 29.5 Å². The Morgan fingerprint density at radius 3 is 1.77 bits per heavy atom. The molecule has 14 nitrogen and oxygen atoms in total. The number of nitrogens with zero attached hydrogens (tertiary/aromatic N) is 6. The molecule has 0 atom stereocenters. The molecule has 3 aliphatic rings. The molecule has 0 amide bonds. The Labute approximate surface area is 245 Å². The van der Waals surface area contributed by atoms with Gasteiger partial charge in [-0.3, -0.25) is 29.0 Å². The second-order valence-electron chi connectivity index (χ2n) is 10.7. The fraction of sp³-hybridized carbons (Fsp3) is 0.286. The minimum absolute atomic E-state index is 0.0218. The first-order valence-corrected chi connectivity index (χ1v) is 13.5. The first-order chi connectivity index (χ1) is 21.0. The number of benzene rings is 2. The van der Waals surface area contributed by atoms with Crippen LogP contribution < -0.4 is 40.1 Å². The number of rotatable bonds is 4. The average molecular weight is 611 g/mol. The normalized spacial score (nSPS) is 15.9. The molecule has 0 bridgehead atoms. The SMILES string of the molecule is CN1COc2c(F)c(N3CCN(c4c(F)cc5c(=O)c(C(=O)O)cn6c5c4OCN6C)CC3)cc3c(=O)c(C(=O)O)cn1c23. The summed E-state index contributed by atoms with van der Waals surface area (Å²) < 4.78 is 45.9. The Morgan fingerprint density at radius 2 is 1.23 bits per heavy atom. The van der Waals surface area contributed by atoms with Crippen LogP contribution in [-0.4, -0.2) is 85.2 Å². The highest BCUT2D eigenvalue weighted by Gasteiger charge is 2.33. The fourth-order valence-corrected chi connectivity index (χ4v) is 6.05. The van der Waals surface area contributed by atoms with Gasteiger partial charge in [-0.25, -0.2) is 18.4 Å². The van der Waals surface area contributed by atoms with Crippen LogP contribution in [0.3, 0.4) is 0 Å². The van der Waals surface area contributed by atoms with E-state index in [9.17, 15) is 29.4 Å². The van der Waals surface area contributed by atoms with Gasteiger partial charge in [0.05, 0.1) is 16.5 Å². The van der Waals surface area contributed by atoms with Crippen molar-refractivity contribution >= 4 is 45.1 Å². The second-order valence-corrected chi connectivity index (χ2v) is 10.7. The molecule has 0 saturated carbocycles. The largest absolute Gasteiger partial charge is 0.477 e. The van der Waals surface area contributed by atoms with Gasteiger partial charge in [0.15, 0.2) is 36.6 Å². The maximum atomic E-state index is 15.9. The number of anilines is 2. The second kappa shape index (κ2) is 9.48. The highest BCUT2D eigenvalue weighted by molar-refractivity contribution is 5.98. The Bertz CT molecular complexity index is 2070. The predicted molar refractivity (Wildman–Crippen MR) is 154 cm³/mol. The van der Waals surface area contributed by atoms with Crippen LogP contribution in [-0.2, 0) is 0 Å². The molecule has 228 valence electrons. The van der Waals surface area contributed by atoms with Crippen molar-refractivity contribution in [3.8, 4) is 11.5 Å². The molecular formula is C28H24F2N6O8. The zero-order valence-electron chi connectivity index (χ0n) is 23.3. The molecule has 0 spiro atoms. The maximum Gasteiger partial charge on any atom is 0.341 e. The molecule has 0 radical (unpaired) electrons. The molecule has 1 saturated heterocycles. The van der Waals surface area contributed by atoms with Crippen LogP contribution in [0.5, 0.6) is 11.5 Å². The number of carboxylic acid groups (broad SMARTS) is 2. The van der Waals surface area contributed by atoms with Crippen LogP contribution in [0.1, 0.15) is 20.7 Å². The van der Waals surface area contributed by atoms with Crippen LogP contribution in [0.25, 0.3) is 21.8 Å². The number of aromatic nitrogens is 2. The minimum atomic E-state index is -1.44. The number of pyridine rings is 2. The van der Waals surface area contributed by atoms with Gasteiger partial charge in [0.2, 0.25) is 10.9 Å². The molecule has 2 aromatic heterocycles. The maximum absolute atomic E-state index is 15.9. The molecule has 2 N–H and O–H groups in total. The van der Waals surface area contributed by atoms with Gasteiger partial charge in [-0.2, -0.15) is 0 Å². The molecule has 44 heavy (non-hydrogen) atoms. The van der Waals surface area contributed by atoms with Crippen molar-refractivity contribution in [2.45, 2.75) is 0 Å². The summed E-state index contributed by atoms with van der Waals surface area (Å²) in [6.45, 7) is 0.586. The molecular weight excluding hydrogens is 586 g/mol. The van der Waals surface area contributed by atoms with E-state index in [1.54, 1.807) is 28.9 Å². The molecule has 0 aliphatic carbocycles. The molecule has 1 fully saturated rings. The Balaban J connectivity index is 1.28. The van der Waals surface area contributed by atoms with Gasteiger partial charge in [0.1, 0.15) is 27.8 Å². The number of hydrogen-bond acceptors (Lipinski definition) is 10. The van der Waals surface area contributed by atoms with Crippen molar-refractivity contribution in [1.82, 2.24) is 9.35 Å². The number of hydrogen-bond donors (Lipinski definition) is 2. The van der Waals surface area contributed by atoms with Crippen LogP contribution in [0, 0.1) is 11.6 Å². The van der Waals surface area contributed by atoms with E-state index < -0.39 is 45.6 Å². The van der Waals surface area contributed by atoms with Gasteiger partial charge in [-0.05, 0) is 12.1 Å². The topological polar surface area (TPSA) is 150 Å². The van der Waals surface area contributed by atoms with Crippen molar-refractivity contribution in [3.05, 3.63) is 67.7 Å². The summed E-state index contributed by atoms with van der Waals surface area (Å²) in [4.78, 5) is 52.9. The lowest BCUT2D eigenvalue weighted by Gasteiger charge is -2.40. The molecule has 3 aliphatic heterocycles. The third-order valence-electron chi connectivity index (χ3n) is 8.22. The quantitative estimate of drug-likeness (QED) is 0.341. The van der Waals surface area contributed by atoms with E-state index in [0.717, 1.165) is 12.3 Å². The van der Waals surface area contributed by atoms with Gasteiger partial charge in [0.25, 0.3) is 0 Å². The van der Waals surface area contributed by atoms with E-state index in [0.29, 0.717) is 0 Å². The van der Waals surface area contributed by atoms with Crippen LogP contribution in [0.4, 0.5) is 20.2 Å². The van der Waals surface area contributed by atoms with Crippen molar-refractivity contribution < 1.29 is 38.1 Å². The van der Waals surface area contributed by atoms with Crippen molar-refractivity contribution in [2.75, 3.05) is 73.6 Å². The van der Waals surface area contributed by atoms with Gasteiger partial charge >= 0.3 is 11.9 Å². The number of aromatic carboxylic acids is 2. The number of ether oxygens (including phenoxy) is 2. The zero-order chi connectivity index (χ0) is 31.2. The summed E-state index contributed by atoms with van der Waals surface area (Å²) >= 11 is 0. The minimum Gasteiger partial charge on any atom is -0.477 e. The lowest BCUT2D eigenvalue weighted by atomic mass is 10.1. The monoisotopic (exact) mass is 610 g/mol. The number of carboxylic acids is 2. The van der Waals surface area contributed by atoms with E-state index in [1.807, 2.05) is 0 Å². The summed E-state index contributed by atoms with van der Waals surface area (Å²) in [5, 5.41) is 22.0. The van der Waals surface area contributed by atoms with E-state index in [1.165, 1.54) is 26.6 Å². The first kappa shape index (κ1) is 27.3. The molecule has 7 rings (SSSR count). The molecule has 5 heterocycles. The lowest BCUT2D eigenvalue weighted by Crippen LogP contribution is -2.48. The summed E-state index contributed by atoms with van der Waals surface area (Å²) in [5.41, 5.74) is -2.14. The highest BCUT2D eigenvalue weighted by atomic mass is 19.1. The van der Waals surface area contributed by atoms with Crippen molar-refractivity contribution in [3.63, 3.8) is 0 Å². The standard InChI is InChI=1S/C28H24F2N6O8/c1-31-11-43-25-19(30)18(8-14-20(25)35(31)9-16(24(14)38)28(41)42)33-3-5-34(6-4-33)22-17(29)7-13-21-26(22)44-12-32(2)36(21)10-15(23(13)37)27(39)40/h7-10H,3-6,11-12H2,1-2H3,(H,39,40)(H,41,42). The first-order valence-electron chi connectivity index (χ1n) is 13.5. The molecule has 16 heteroatoms.